The van der Waals surface area contributed by atoms with Crippen molar-refractivity contribution in [2.24, 2.45) is 7.05 Å². The van der Waals surface area contributed by atoms with E-state index in [1.165, 1.54) is 11.1 Å². The van der Waals surface area contributed by atoms with Crippen molar-refractivity contribution in [3.05, 3.63) is 59.0 Å². The van der Waals surface area contributed by atoms with Gasteiger partial charge in [0.1, 0.15) is 11.6 Å². The van der Waals surface area contributed by atoms with Gasteiger partial charge >= 0.3 is 0 Å². The van der Waals surface area contributed by atoms with Crippen molar-refractivity contribution in [1.82, 2.24) is 35.2 Å². The highest BCUT2D eigenvalue weighted by atomic mass is 16.5. The first kappa shape index (κ1) is 21.1. The normalized spacial score (nSPS) is 14.4. The van der Waals surface area contributed by atoms with Crippen LogP contribution < -0.4 is 10.1 Å². The van der Waals surface area contributed by atoms with E-state index in [2.05, 4.69) is 38.5 Å². The maximum absolute atomic E-state index is 12.7. The smallest absolute Gasteiger partial charge is 0.255 e. The molecule has 1 aliphatic rings. The summed E-state index contributed by atoms with van der Waals surface area (Å²) in [5.74, 6) is 1.83. The van der Waals surface area contributed by atoms with Crippen LogP contribution in [0.1, 0.15) is 27.3 Å². The molecule has 1 aliphatic heterocycles. The van der Waals surface area contributed by atoms with E-state index in [1.807, 2.05) is 38.5 Å². The number of aryl methyl sites for hydroxylation is 2. The third-order valence-electron chi connectivity index (χ3n) is 6.31. The minimum atomic E-state index is -0.128. The van der Waals surface area contributed by atoms with Crippen LogP contribution in [0, 0.1) is 6.92 Å². The summed E-state index contributed by atoms with van der Waals surface area (Å²) in [6.45, 7) is 3.82. The number of hydrogen-bond donors (Lipinski definition) is 2. The van der Waals surface area contributed by atoms with Crippen LogP contribution in [0.15, 0.2) is 36.5 Å². The number of carbonyl (C=O) groups is 1. The fourth-order valence-electron chi connectivity index (χ4n) is 4.33. The molecule has 2 N–H and O–H groups in total. The highest BCUT2D eigenvalue weighted by Crippen LogP contribution is 2.27. The molecule has 0 unspecified atom stereocenters. The molecule has 0 radical (unpaired) electrons. The van der Waals surface area contributed by atoms with Crippen molar-refractivity contribution in [3.8, 4) is 17.1 Å². The number of amides is 1. The van der Waals surface area contributed by atoms with Gasteiger partial charge < -0.3 is 15.0 Å². The fourth-order valence-corrected chi connectivity index (χ4v) is 4.33. The van der Waals surface area contributed by atoms with Crippen LogP contribution >= 0.6 is 0 Å². The number of carbonyl (C=O) groups excluding carboxylic acids is 1. The summed E-state index contributed by atoms with van der Waals surface area (Å²) in [5.41, 5.74) is 4.69. The van der Waals surface area contributed by atoms with Crippen molar-refractivity contribution in [1.29, 1.82) is 0 Å². The molecule has 1 fully saturated rings. The van der Waals surface area contributed by atoms with Crippen LogP contribution in [-0.2, 0) is 13.5 Å². The second-order valence-electron chi connectivity index (χ2n) is 8.64. The third-order valence-corrected chi connectivity index (χ3v) is 6.31. The van der Waals surface area contributed by atoms with Crippen LogP contribution in [-0.4, -0.2) is 69.1 Å². The molecule has 9 heteroatoms. The summed E-state index contributed by atoms with van der Waals surface area (Å²) in [4.78, 5) is 19.6. The van der Waals surface area contributed by atoms with Gasteiger partial charge in [0, 0.05) is 37.5 Å². The second kappa shape index (κ2) is 8.32. The number of benzene rings is 2. The molecule has 4 aromatic rings. The summed E-state index contributed by atoms with van der Waals surface area (Å²) in [6.07, 6.45) is 2.51. The number of ether oxygens (including phenoxy) is 1. The lowest BCUT2D eigenvalue weighted by molar-refractivity contribution is 0.0855. The van der Waals surface area contributed by atoms with Crippen LogP contribution in [0.5, 0.6) is 5.75 Å². The minimum absolute atomic E-state index is 0.128. The van der Waals surface area contributed by atoms with Gasteiger partial charge in [0.25, 0.3) is 5.91 Å². The van der Waals surface area contributed by atoms with E-state index in [0.717, 1.165) is 35.4 Å². The van der Waals surface area contributed by atoms with Crippen LogP contribution in [0.2, 0.25) is 0 Å². The molecular weight excluding hydrogens is 418 g/mol. The number of fused-ring (bicyclic) bond motifs is 1. The lowest BCUT2D eigenvalue weighted by Crippen LogP contribution is -2.57. The summed E-state index contributed by atoms with van der Waals surface area (Å²) in [7, 11) is 5.49. The van der Waals surface area contributed by atoms with Gasteiger partial charge in [0.15, 0.2) is 5.82 Å². The Morgan fingerprint density at radius 3 is 2.82 bits per heavy atom. The van der Waals surface area contributed by atoms with Crippen LogP contribution in [0.25, 0.3) is 22.3 Å². The molecule has 0 spiro atoms. The first-order valence-electron chi connectivity index (χ1n) is 10.9. The molecule has 0 saturated carbocycles. The van der Waals surface area contributed by atoms with Gasteiger partial charge in [0.2, 0.25) is 0 Å². The zero-order chi connectivity index (χ0) is 23.1. The molecule has 170 valence electrons. The SMILES string of the molecule is COc1cc(-c2nc(Cc3ccc4[nH]ncc4c3C)n(C)n2)ccc1C(=O)NC1CN(C)C1. The Bertz CT molecular complexity index is 1330. The summed E-state index contributed by atoms with van der Waals surface area (Å²) >= 11 is 0. The zero-order valence-electron chi connectivity index (χ0n) is 19.2. The van der Waals surface area contributed by atoms with Gasteiger partial charge in [-0.3, -0.25) is 14.6 Å². The van der Waals surface area contributed by atoms with E-state index in [1.54, 1.807) is 17.9 Å². The standard InChI is InChI=1S/C24H27N7O2/c1-14-15(6-8-20-19(14)11-25-28-20)10-22-27-23(29-31(22)3)16-5-7-18(21(9-16)33-4)24(32)26-17-12-30(2)13-17/h5-9,11,17H,10,12-13H2,1-4H3,(H,25,28)(H,26,32). The highest BCUT2D eigenvalue weighted by Gasteiger charge is 2.26. The van der Waals surface area contributed by atoms with Crippen molar-refractivity contribution in [2.45, 2.75) is 19.4 Å². The number of nitrogens with zero attached hydrogens (tertiary/aromatic N) is 5. The van der Waals surface area contributed by atoms with Crippen molar-refractivity contribution >= 4 is 16.8 Å². The van der Waals surface area contributed by atoms with Crippen molar-refractivity contribution in [2.75, 3.05) is 27.2 Å². The Balaban J connectivity index is 1.38. The van der Waals surface area contributed by atoms with Crippen molar-refractivity contribution < 1.29 is 9.53 Å². The number of nitrogens with one attached hydrogen (secondary N) is 2. The Labute approximate surface area is 191 Å². The van der Waals surface area contributed by atoms with Gasteiger partial charge in [-0.1, -0.05) is 12.1 Å². The van der Waals surface area contributed by atoms with Crippen LogP contribution in [0.4, 0.5) is 0 Å². The number of likely N-dealkylation sites (N-methyl/N-ethyl adjacent to an activating group) is 1. The molecule has 0 bridgehead atoms. The number of aromatic nitrogens is 5. The van der Waals surface area contributed by atoms with Crippen molar-refractivity contribution in [3.63, 3.8) is 0 Å². The first-order valence-corrected chi connectivity index (χ1v) is 10.9. The minimum Gasteiger partial charge on any atom is -0.496 e. The van der Waals surface area contributed by atoms with Gasteiger partial charge in [-0.15, -0.1) is 0 Å². The Kier molecular flexibility index (Phi) is 5.33. The largest absolute Gasteiger partial charge is 0.496 e. The number of aromatic amines is 1. The molecule has 33 heavy (non-hydrogen) atoms. The molecule has 0 aliphatic carbocycles. The van der Waals surface area contributed by atoms with E-state index in [-0.39, 0.29) is 11.9 Å². The lowest BCUT2D eigenvalue weighted by Gasteiger charge is -2.36. The quantitative estimate of drug-likeness (QED) is 0.472. The molecule has 9 nitrogen and oxygen atoms in total. The molecule has 3 heterocycles. The van der Waals surface area contributed by atoms with E-state index in [0.29, 0.717) is 23.6 Å². The molecular formula is C24H27N7O2. The average Bonchev–Trinajstić information content (AvgIpc) is 3.41. The summed E-state index contributed by atoms with van der Waals surface area (Å²) < 4.78 is 7.32. The number of H-pyrrole nitrogens is 1. The highest BCUT2D eigenvalue weighted by molar-refractivity contribution is 5.97. The van der Waals surface area contributed by atoms with Gasteiger partial charge in [0.05, 0.1) is 30.4 Å². The molecule has 5 rings (SSSR count). The topological polar surface area (TPSA) is 101 Å². The van der Waals surface area contributed by atoms with E-state index in [9.17, 15) is 4.79 Å². The van der Waals surface area contributed by atoms with E-state index >= 15 is 0 Å². The maximum Gasteiger partial charge on any atom is 0.255 e. The number of likely N-dealkylation sites (tertiary alicyclic amines) is 1. The van der Waals surface area contributed by atoms with E-state index in [4.69, 9.17) is 9.72 Å². The molecule has 0 atom stereocenters. The Morgan fingerprint density at radius 2 is 2.06 bits per heavy atom. The average molecular weight is 446 g/mol. The van der Waals surface area contributed by atoms with Gasteiger partial charge in [-0.2, -0.15) is 10.2 Å². The van der Waals surface area contributed by atoms with Crippen LogP contribution in [0.3, 0.4) is 0 Å². The van der Waals surface area contributed by atoms with Gasteiger partial charge in [-0.25, -0.2) is 4.98 Å². The first-order chi connectivity index (χ1) is 15.9. The molecule has 1 amide bonds. The predicted molar refractivity (Wildman–Crippen MR) is 125 cm³/mol. The molecule has 1 saturated heterocycles. The van der Waals surface area contributed by atoms with Gasteiger partial charge in [-0.05, 0) is 43.3 Å². The summed E-state index contributed by atoms with van der Waals surface area (Å²) in [6, 6.07) is 9.78. The second-order valence-corrected chi connectivity index (χ2v) is 8.64. The fraction of sp³-hybridized carbons (Fsp3) is 0.333. The zero-order valence-corrected chi connectivity index (χ0v) is 19.2. The van der Waals surface area contributed by atoms with E-state index < -0.39 is 0 Å². The lowest BCUT2D eigenvalue weighted by atomic mass is 10.0. The number of rotatable bonds is 6. The summed E-state index contributed by atoms with van der Waals surface area (Å²) in [5, 5.41) is 15.9. The molecule has 2 aromatic carbocycles. The Hall–Kier alpha value is -3.72. The number of methoxy groups -OCH3 is 1. The predicted octanol–water partition coefficient (Wildman–Crippen LogP) is 2.31. The third kappa shape index (κ3) is 3.95. The number of hydrogen-bond acceptors (Lipinski definition) is 6. The monoisotopic (exact) mass is 445 g/mol. The molecule has 2 aromatic heterocycles. The Morgan fingerprint density at radius 1 is 1.24 bits per heavy atom. The maximum atomic E-state index is 12.7.